The number of ether oxygens (including phenoxy) is 1. The number of morpholine rings is 1. The van der Waals surface area contributed by atoms with Gasteiger partial charge in [0.15, 0.2) is 0 Å². The lowest BCUT2D eigenvalue weighted by atomic mass is 10.0. The number of benzene rings is 2. The first-order valence-electron chi connectivity index (χ1n) is 11.0. The largest absolute Gasteiger partial charge is 0.379 e. The van der Waals surface area contributed by atoms with Crippen molar-refractivity contribution in [2.45, 2.75) is 19.4 Å². The van der Waals surface area contributed by atoms with Gasteiger partial charge in [0.1, 0.15) is 0 Å². The lowest BCUT2D eigenvalue weighted by molar-refractivity contribution is -0.131. The van der Waals surface area contributed by atoms with Crippen LogP contribution in [0.2, 0.25) is 0 Å². The summed E-state index contributed by atoms with van der Waals surface area (Å²) in [7, 11) is 0. The molecule has 0 radical (unpaired) electrons. The van der Waals surface area contributed by atoms with Crippen molar-refractivity contribution in [3.63, 3.8) is 0 Å². The number of rotatable bonds is 9. The second-order valence-electron chi connectivity index (χ2n) is 7.94. The molecule has 1 saturated heterocycles. The third-order valence-electron chi connectivity index (χ3n) is 5.70. The number of nitrogens with zero attached hydrogens (tertiary/aromatic N) is 2. The predicted molar refractivity (Wildman–Crippen MR) is 127 cm³/mol. The summed E-state index contributed by atoms with van der Waals surface area (Å²) in [5.41, 5.74) is 3.44. The number of thiophene rings is 1. The van der Waals surface area contributed by atoms with E-state index in [9.17, 15) is 4.79 Å². The second-order valence-corrected chi connectivity index (χ2v) is 8.97. The van der Waals surface area contributed by atoms with E-state index in [4.69, 9.17) is 4.74 Å². The Bertz CT molecular complexity index is 920. The van der Waals surface area contributed by atoms with Gasteiger partial charge >= 0.3 is 0 Å². The standard InChI is InChI=1S/C26H30N2O2S/c29-26(20-22-9-11-24(12-10-22)23-6-2-1-3-7-23)28(21-25-8-4-19-31-25)14-5-13-27-15-17-30-18-16-27/h1-4,6-12,19H,5,13-18,20-21H2. The lowest BCUT2D eigenvalue weighted by Gasteiger charge is -2.28. The van der Waals surface area contributed by atoms with Crippen molar-refractivity contribution in [3.05, 3.63) is 82.6 Å². The molecule has 0 N–H and O–H groups in total. The Balaban J connectivity index is 1.36. The van der Waals surface area contributed by atoms with E-state index in [1.165, 1.54) is 16.0 Å². The van der Waals surface area contributed by atoms with Gasteiger partial charge in [0, 0.05) is 31.1 Å². The molecule has 162 valence electrons. The third kappa shape index (κ3) is 6.50. The quantitative estimate of drug-likeness (QED) is 0.489. The van der Waals surface area contributed by atoms with Crippen LogP contribution in [0.15, 0.2) is 72.1 Å². The molecule has 31 heavy (non-hydrogen) atoms. The van der Waals surface area contributed by atoms with Gasteiger partial charge in [-0.1, -0.05) is 60.7 Å². The summed E-state index contributed by atoms with van der Waals surface area (Å²) < 4.78 is 5.43. The molecule has 4 rings (SSSR count). The van der Waals surface area contributed by atoms with Crippen LogP contribution in [0.5, 0.6) is 0 Å². The van der Waals surface area contributed by atoms with Crippen LogP contribution < -0.4 is 0 Å². The van der Waals surface area contributed by atoms with Crippen molar-refractivity contribution in [1.29, 1.82) is 0 Å². The molecule has 1 aliphatic heterocycles. The first-order chi connectivity index (χ1) is 15.3. The van der Waals surface area contributed by atoms with Crippen LogP contribution in [0.1, 0.15) is 16.9 Å². The molecule has 1 amide bonds. The van der Waals surface area contributed by atoms with Gasteiger partial charge in [0.05, 0.1) is 26.2 Å². The minimum absolute atomic E-state index is 0.197. The van der Waals surface area contributed by atoms with Gasteiger partial charge in [-0.15, -0.1) is 11.3 Å². The molecular weight excluding hydrogens is 404 g/mol. The molecule has 0 saturated carbocycles. The minimum atomic E-state index is 0.197. The highest BCUT2D eigenvalue weighted by Crippen LogP contribution is 2.20. The average molecular weight is 435 g/mol. The van der Waals surface area contributed by atoms with Gasteiger partial charge in [-0.25, -0.2) is 0 Å². The molecule has 1 aromatic heterocycles. The third-order valence-corrected chi connectivity index (χ3v) is 6.56. The number of carbonyl (C=O) groups excluding carboxylic acids is 1. The fraction of sp³-hybridized carbons (Fsp3) is 0.346. The molecule has 0 spiro atoms. The molecule has 3 aromatic rings. The van der Waals surface area contributed by atoms with Gasteiger partial charge in [-0.3, -0.25) is 9.69 Å². The lowest BCUT2D eigenvalue weighted by Crippen LogP contribution is -2.39. The first-order valence-corrected chi connectivity index (χ1v) is 11.9. The smallest absolute Gasteiger partial charge is 0.227 e. The summed E-state index contributed by atoms with van der Waals surface area (Å²) in [6.07, 6.45) is 1.43. The van der Waals surface area contributed by atoms with Gasteiger partial charge in [-0.2, -0.15) is 0 Å². The van der Waals surface area contributed by atoms with Gasteiger partial charge in [-0.05, 0) is 34.6 Å². The Kier molecular flexibility index (Phi) is 7.88. The summed E-state index contributed by atoms with van der Waals surface area (Å²) in [5, 5.41) is 2.08. The zero-order valence-electron chi connectivity index (χ0n) is 17.9. The van der Waals surface area contributed by atoms with E-state index < -0.39 is 0 Å². The van der Waals surface area contributed by atoms with Crippen LogP contribution in [-0.4, -0.2) is 55.1 Å². The molecule has 1 fully saturated rings. The Morgan fingerprint density at radius 1 is 0.935 bits per heavy atom. The summed E-state index contributed by atoms with van der Waals surface area (Å²) in [5.74, 6) is 0.197. The summed E-state index contributed by atoms with van der Waals surface area (Å²) in [4.78, 5) is 18.9. The van der Waals surface area contributed by atoms with E-state index in [2.05, 4.69) is 58.8 Å². The molecular formula is C26H30N2O2S. The highest BCUT2D eigenvalue weighted by molar-refractivity contribution is 7.09. The van der Waals surface area contributed by atoms with Crippen LogP contribution in [0, 0.1) is 0 Å². The van der Waals surface area contributed by atoms with Crippen molar-refractivity contribution in [2.75, 3.05) is 39.4 Å². The fourth-order valence-electron chi connectivity index (χ4n) is 3.92. The highest BCUT2D eigenvalue weighted by atomic mass is 32.1. The van der Waals surface area contributed by atoms with Crippen LogP contribution in [0.4, 0.5) is 0 Å². The molecule has 0 aliphatic carbocycles. The zero-order valence-corrected chi connectivity index (χ0v) is 18.7. The summed E-state index contributed by atoms with van der Waals surface area (Å²) in [6, 6.07) is 22.9. The van der Waals surface area contributed by atoms with E-state index in [0.29, 0.717) is 13.0 Å². The highest BCUT2D eigenvalue weighted by Gasteiger charge is 2.17. The van der Waals surface area contributed by atoms with E-state index in [-0.39, 0.29) is 5.91 Å². The maximum atomic E-state index is 13.2. The molecule has 0 atom stereocenters. The van der Waals surface area contributed by atoms with Gasteiger partial charge in [0.25, 0.3) is 0 Å². The number of carbonyl (C=O) groups is 1. The van der Waals surface area contributed by atoms with E-state index >= 15 is 0 Å². The van der Waals surface area contributed by atoms with E-state index in [1.807, 2.05) is 23.1 Å². The van der Waals surface area contributed by atoms with Crippen molar-refractivity contribution >= 4 is 17.2 Å². The molecule has 2 heterocycles. The summed E-state index contributed by atoms with van der Waals surface area (Å²) >= 11 is 1.72. The monoisotopic (exact) mass is 434 g/mol. The molecule has 5 heteroatoms. The number of hydrogen-bond donors (Lipinski definition) is 0. The fourth-order valence-corrected chi connectivity index (χ4v) is 4.64. The van der Waals surface area contributed by atoms with Crippen LogP contribution in [0.3, 0.4) is 0 Å². The van der Waals surface area contributed by atoms with E-state index in [1.54, 1.807) is 11.3 Å². The first kappa shape index (κ1) is 21.8. The Morgan fingerprint density at radius 3 is 2.39 bits per heavy atom. The van der Waals surface area contributed by atoms with E-state index in [0.717, 1.165) is 51.4 Å². The topological polar surface area (TPSA) is 32.8 Å². The molecule has 0 unspecified atom stereocenters. The van der Waals surface area contributed by atoms with Crippen LogP contribution in [0.25, 0.3) is 11.1 Å². The molecule has 4 nitrogen and oxygen atoms in total. The van der Waals surface area contributed by atoms with Crippen LogP contribution in [-0.2, 0) is 22.5 Å². The van der Waals surface area contributed by atoms with Gasteiger partial charge in [0.2, 0.25) is 5.91 Å². The van der Waals surface area contributed by atoms with Crippen molar-refractivity contribution in [2.24, 2.45) is 0 Å². The molecule has 2 aromatic carbocycles. The van der Waals surface area contributed by atoms with Crippen molar-refractivity contribution < 1.29 is 9.53 Å². The number of hydrogen-bond acceptors (Lipinski definition) is 4. The average Bonchev–Trinajstić information content (AvgIpc) is 3.33. The SMILES string of the molecule is O=C(Cc1ccc(-c2ccccc2)cc1)N(CCCN1CCOCC1)Cc1cccs1. The predicted octanol–water partition coefficient (Wildman–Crippen LogP) is 4.71. The Morgan fingerprint density at radius 2 is 1.68 bits per heavy atom. The van der Waals surface area contributed by atoms with Crippen LogP contribution >= 0.6 is 11.3 Å². The minimum Gasteiger partial charge on any atom is -0.379 e. The Hall–Kier alpha value is -2.47. The maximum absolute atomic E-state index is 13.2. The molecule has 0 bridgehead atoms. The van der Waals surface area contributed by atoms with Gasteiger partial charge < -0.3 is 9.64 Å². The normalized spacial score (nSPS) is 14.5. The Labute approximate surface area is 189 Å². The van der Waals surface area contributed by atoms with Crippen molar-refractivity contribution in [1.82, 2.24) is 9.80 Å². The second kappa shape index (κ2) is 11.2. The maximum Gasteiger partial charge on any atom is 0.227 e. The molecule has 1 aliphatic rings. The van der Waals surface area contributed by atoms with Crippen molar-refractivity contribution in [3.8, 4) is 11.1 Å². The zero-order chi connectivity index (χ0) is 21.3. The number of amides is 1. The summed E-state index contributed by atoms with van der Waals surface area (Å²) in [6.45, 7) is 6.12.